The first kappa shape index (κ1) is 18.5. The lowest BCUT2D eigenvalue weighted by Gasteiger charge is -2.24. The Labute approximate surface area is 154 Å². The molecule has 1 saturated carbocycles. The molecule has 1 saturated heterocycles. The van der Waals surface area contributed by atoms with E-state index in [0.29, 0.717) is 10.9 Å². The minimum atomic E-state index is -0.145. The molecule has 0 amide bonds. The topological polar surface area (TPSA) is 39.7 Å². The van der Waals surface area contributed by atoms with Gasteiger partial charge in [0.2, 0.25) is 0 Å². The molecule has 1 aromatic carbocycles. The van der Waals surface area contributed by atoms with Gasteiger partial charge >= 0.3 is 0 Å². The molecule has 2 N–H and O–H groups in total. The van der Waals surface area contributed by atoms with Crippen molar-refractivity contribution in [2.45, 2.75) is 49.1 Å². The Balaban J connectivity index is 1.36. The summed E-state index contributed by atoms with van der Waals surface area (Å²) in [6, 6.07) is 8.20. The van der Waals surface area contributed by atoms with Crippen LogP contribution in [-0.2, 0) is 0 Å². The van der Waals surface area contributed by atoms with Crippen LogP contribution in [-0.4, -0.2) is 55.4 Å². The molecule has 0 bridgehead atoms. The highest BCUT2D eigenvalue weighted by atomic mass is 32.2. The van der Waals surface area contributed by atoms with Gasteiger partial charge in [0.05, 0.1) is 0 Å². The molecule has 25 heavy (non-hydrogen) atoms. The third-order valence-corrected chi connectivity index (χ3v) is 6.16. The third kappa shape index (κ3) is 5.35. The van der Waals surface area contributed by atoms with Crippen molar-refractivity contribution in [3.63, 3.8) is 0 Å². The highest BCUT2D eigenvalue weighted by Gasteiger charge is 2.30. The number of thioether (sulfide) groups is 1. The van der Waals surface area contributed by atoms with E-state index in [9.17, 15) is 4.39 Å². The van der Waals surface area contributed by atoms with E-state index in [4.69, 9.17) is 0 Å². The molecule has 1 unspecified atom stereocenters. The van der Waals surface area contributed by atoms with Crippen molar-refractivity contribution in [2.24, 2.45) is 4.99 Å². The van der Waals surface area contributed by atoms with Crippen molar-refractivity contribution in [3.05, 3.63) is 30.1 Å². The zero-order valence-electron chi connectivity index (χ0n) is 15.0. The lowest BCUT2D eigenvalue weighted by atomic mass is 10.2. The van der Waals surface area contributed by atoms with Gasteiger partial charge in [0.25, 0.3) is 0 Å². The normalized spacial score (nSPS) is 22.5. The molecule has 0 spiro atoms. The number of halogens is 1. The summed E-state index contributed by atoms with van der Waals surface area (Å²) in [5, 5.41) is 6.89. The summed E-state index contributed by atoms with van der Waals surface area (Å²) in [6.45, 7) is 3.08. The minimum absolute atomic E-state index is 0.145. The number of rotatable bonds is 6. The molecule has 4 nitrogen and oxygen atoms in total. The molecule has 138 valence electrons. The zero-order chi connectivity index (χ0) is 17.5. The van der Waals surface area contributed by atoms with Crippen LogP contribution in [0.3, 0.4) is 0 Å². The first-order valence-corrected chi connectivity index (χ1v) is 10.3. The van der Waals surface area contributed by atoms with Crippen molar-refractivity contribution in [1.82, 2.24) is 15.5 Å². The molecule has 3 rings (SSSR count). The predicted octanol–water partition coefficient (Wildman–Crippen LogP) is 3.10. The van der Waals surface area contributed by atoms with Crippen molar-refractivity contribution in [1.29, 1.82) is 0 Å². The Hall–Kier alpha value is -1.27. The second-order valence-electron chi connectivity index (χ2n) is 6.84. The second kappa shape index (κ2) is 9.43. The summed E-state index contributed by atoms with van der Waals surface area (Å²) in [5.74, 6) is 1.51. The van der Waals surface area contributed by atoms with Crippen molar-refractivity contribution >= 4 is 17.7 Å². The van der Waals surface area contributed by atoms with Gasteiger partial charge in [-0.3, -0.25) is 9.89 Å². The van der Waals surface area contributed by atoms with Gasteiger partial charge in [-0.25, -0.2) is 4.39 Å². The molecule has 0 radical (unpaired) electrons. The van der Waals surface area contributed by atoms with Gasteiger partial charge in [0.1, 0.15) is 5.82 Å². The fourth-order valence-corrected chi connectivity index (χ4v) is 4.59. The predicted molar refractivity (Wildman–Crippen MR) is 104 cm³/mol. The highest BCUT2D eigenvalue weighted by Crippen LogP contribution is 2.26. The maximum atomic E-state index is 13.6. The number of likely N-dealkylation sites (tertiary alicyclic amines) is 1. The summed E-state index contributed by atoms with van der Waals surface area (Å²) in [5.41, 5.74) is 0. The number of aliphatic imine (C=N–C) groups is 1. The molecular weight excluding hydrogens is 335 g/mol. The minimum Gasteiger partial charge on any atom is -0.356 e. The molecule has 1 aliphatic carbocycles. The smallest absolute Gasteiger partial charge is 0.191 e. The Morgan fingerprint density at radius 2 is 2.08 bits per heavy atom. The van der Waals surface area contributed by atoms with Gasteiger partial charge in [-0.05, 0) is 31.4 Å². The van der Waals surface area contributed by atoms with E-state index in [2.05, 4.69) is 20.5 Å². The summed E-state index contributed by atoms with van der Waals surface area (Å²) in [4.78, 5) is 7.68. The molecule has 1 aromatic rings. The number of nitrogens with zero attached hydrogens (tertiary/aromatic N) is 2. The van der Waals surface area contributed by atoms with Gasteiger partial charge < -0.3 is 10.6 Å². The average Bonchev–Trinajstić information content (AvgIpc) is 3.30. The fraction of sp³-hybridized carbons (Fsp3) is 0.632. The van der Waals surface area contributed by atoms with Crippen molar-refractivity contribution in [2.75, 3.05) is 32.4 Å². The average molecular weight is 365 g/mol. The van der Waals surface area contributed by atoms with E-state index in [0.717, 1.165) is 30.8 Å². The van der Waals surface area contributed by atoms with E-state index in [1.165, 1.54) is 56.5 Å². The van der Waals surface area contributed by atoms with E-state index in [1.807, 2.05) is 19.2 Å². The number of nitrogens with one attached hydrogen (secondary N) is 2. The first-order chi connectivity index (χ1) is 12.3. The largest absolute Gasteiger partial charge is 0.356 e. The fourth-order valence-electron chi connectivity index (χ4n) is 3.79. The Morgan fingerprint density at radius 3 is 2.84 bits per heavy atom. The molecule has 2 aliphatic rings. The van der Waals surface area contributed by atoms with Gasteiger partial charge in [0.15, 0.2) is 5.96 Å². The Bertz CT molecular complexity index is 574. The third-order valence-electron chi connectivity index (χ3n) is 5.11. The van der Waals surface area contributed by atoms with E-state index in [1.54, 1.807) is 6.07 Å². The standard InChI is InChI=1S/C19H29FN4S/c1-21-19(22-11-13-25-18-9-5-4-8-17(18)20)23-15-10-12-24(14-15)16-6-2-3-7-16/h4-5,8-9,15-16H,2-3,6-7,10-14H2,1H3,(H2,21,22,23). The summed E-state index contributed by atoms with van der Waals surface area (Å²) >= 11 is 1.53. The first-order valence-electron chi connectivity index (χ1n) is 9.35. The Kier molecular flexibility index (Phi) is 6.99. The highest BCUT2D eigenvalue weighted by molar-refractivity contribution is 7.99. The maximum absolute atomic E-state index is 13.6. The van der Waals surface area contributed by atoms with Crippen LogP contribution in [0, 0.1) is 5.82 Å². The van der Waals surface area contributed by atoms with Gasteiger partial charge in [0, 0.05) is 49.4 Å². The lowest BCUT2D eigenvalue weighted by Crippen LogP contribution is -2.45. The number of benzene rings is 1. The molecule has 6 heteroatoms. The number of hydrogen-bond donors (Lipinski definition) is 2. The van der Waals surface area contributed by atoms with Crippen LogP contribution < -0.4 is 10.6 Å². The monoisotopic (exact) mass is 364 g/mol. The SMILES string of the molecule is CN=C(NCCSc1ccccc1F)NC1CCN(C2CCCC2)C1. The van der Waals surface area contributed by atoms with Gasteiger partial charge in [-0.15, -0.1) is 11.8 Å². The van der Waals surface area contributed by atoms with Gasteiger partial charge in [-0.2, -0.15) is 0 Å². The second-order valence-corrected chi connectivity index (χ2v) is 7.98. The number of guanidine groups is 1. The van der Waals surface area contributed by atoms with Crippen LogP contribution in [0.1, 0.15) is 32.1 Å². The molecule has 1 heterocycles. The van der Waals surface area contributed by atoms with Crippen LogP contribution in [0.15, 0.2) is 34.2 Å². The van der Waals surface area contributed by atoms with Crippen LogP contribution in [0.2, 0.25) is 0 Å². The number of hydrogen-bond acceptors (Lipinski definition) is 3. The molecule has 1 atom stereocenters. The van der Waals surface area contributed by atoms with Crippen LogP contribution in [0.5, 0.6) is 0 Å². The maximum Gasteiger partial charge on any atom is 0.191 e. The van der Waals surface area contributed by atoms with E-state index >= 15 is 0 Å². The lowest BCUT2D eigenvalue weighted by molar-refractivity contribution is 0.242. The molecule has 2 fully saturated rings. The van der Waals surface area contributed by atoms with Crippen molar-refractivity contribution < 1.29 is 4.39 Å². The van der Waals surface area contributed by atoms with Crippen LogP contribution in [0.25, 0.3) is 0 Å². The Morgan fingerprint density at radius 1 is 1.28 bits per heavy atom. The van der Waals surface area contributed by atoms with E-state index in [-0.39, 0.29) is 5.82 Å². The molecule has 1 aliphatic heterocycles. The van der Waals surface area contributed by atoms with Crippen LogP contribution >= 0.6 is 11.8 Å². The summed E-state index contributed by atoms with van der Waals surface area (Å²) < 4.78 is 13.6. The van der Waals surface area contributed by atoms with Crippen molar-refractivity contribution in [3.8, 4) is 0 Å². The quantitative estimate of drug-likeness (QED) is 0.352. The van der Waals surface area contributed by atoms with Gasteiger partial charge in [-0.1, -0.05) is 25.0 Å². The summed E-state index contributed by atoms with van der Waals surface area (Å²) in [6.07, 6.45) is 6.70. The van der Waals surface area contributed by atoms with E-state index < -0.39 is 0 Å². The zero-order valence-corrected chi connectivity index (χ0v) is 15.8. The molecular formula is C19H29FN4S. The molecule has 0 aromatic heterocycles. The summed E-state index contributed by atoms with van der Waals surface area (Å²) in [7, 11) is 1.81. The van der Waals surface area contributed by atoms with Crippen LogP contribution in [0.4, 0.5) is 4.39 Å².